The summed E-state index contributed by atoms with van der Waals surface area (Å²) < 4.78 is 39.1. The van der Waals surface area contributed by atoms with E-state index < -0.39 is 29.0 Å². The third-order valence-electron chi connectivity index (χ3n) is 2.46. The number of nitrogens with two attached hydrogens (primary N) is 1. The van der Waals surface area contributed by atoms with E-state index in [-0.39, 0.29) is 4.88 Å². The van der Waals surface area contributed by atoms with Crippen LogP contribution in [0.25, 0.3) is 0 Å². The highest BCUT2D eigenvalue weighted by Gasteiger charge is 2.17. The largest absolute Gasteiger partial charge is 0.398 e. The fourth-order valence-electron chi connectivity index (χ4n) is 1.41. The van der Waals surface area contributed by atoms with Crippen molar-refractivity contribution in [1.29, 1.82) is 0 Å². The van der Waals surface area contributed by atoms with Crippen LogP contribution in [0.15, 0.2) is 18.2 Å². The Morgan fingerprint density at radius 1 is 1.26 bits per heavy atom. The Labute approximate surface area is 110 Å². The molecule has 2 rings (SSSR count). The summed E-state index contributed by atoms with van der Waals surface area (Å²) in [5.41, 5.74) is 5.62. The molecular formula is C12H9F3N2OS. The van der Waals surface area contributed by atoms with Crippen LogP contribution in [-0.2, 0) is 0 Å². The molecule has 0 unspecified atom stereocenters. The summed E-state index contributed by atoms with van der Waals surface area (Å²) in [5.74, 6) is -5.00. The van der Waals surface area contributed by atoms with Gasteiger partial charge in [-0.15, -0.1) is 11.3 Å². The van der Waals surface area contributed by atoms with Crippen LogP contribution in [0.2, 0.25) is 0 Å². The molecular weight excluding hydrogens is 277 g/mol. The zero-order chi connectivity index (χ0) is 14.2. The number of carbonyl (C=O) groups excluding carboxylic acids is 1. The number of rotatable bonds is 2. The Kier molecular flexibility index (Phi) is 3.48. The molecule has 3 N–H and O–H groups in total. The van der Waals surface area contributed by atoms with Crippen LogP contribution in [0.1, 0.15) is 14.5 Å². The zero-order valence-corrected chi connectivity index (χ0v) is 10.6. The van der Waals surface area contributed by atoms with Gasteiger partial charge in [0, 0.05) is 10.6 Å². The Hall–Kier alpha value is -2.02. The number of nitrogens with one attached hydrogen (secondary N) is 1. The smallest absolute Gasteiger partial charge is 0.265 e. The lowest BCUT2D eigenvalue weighted by Gasteiger charge is -2.05. The molecule has 1 aromatic carbocycles. The van der Waals surface area contributed by atoms with E-state index in [0.717, 1.165) is 28.3 Å². The molecule has 0 spiro atoms. The van der Waals surface area contributed by atoms with Crippen molar-refractivity contribution in [2.45, 2.75) is 6.92 Å². The number of thiophene rings is 1. The average Bonchev–Trinajstić information content (AvgIpc) is 2.70. The van der Waals surface area contributed by atoms with Crippen LogP contribution in [-0.4, -0.2) is 5.91 Å². The third-order valence-corrected chi connectivity index (χ3v) is 3.53. The van der Waals surface area contributed by atoms with Gasteiger partial charge in [0.05, 0.1) is 10.6 Å². The number of carbonyl (C=O) groups is 1. The first kappa shape index (κ1) is 13.4. The van der Waals surface area contributed by atoms with Gasteiger partial charge in [0.2, 0.25) is 0 Å². The van der Waals surface area contributed by atoms with Crippen molar-refractivity contribution >= 4 is 28.6 Å². The van der Waals surface area contributed by atoms with Crippen molar-refractivity contribution in [3.63, 3.8) is 0 Å². The molecule has 0 saturated heterocycles. The Bertz CT molecular complexity index is 635. The maximum Gasteiger partial charge on any atom is 0.265 e. The van der Waals surface area contributed by atoms with Crippen LogP contribution in [0, 0.1) is 24.4 Å². The summed E-state index contributed by atoms with van der Waals surface area (Å²) in [7, 11) is 0. The normalized spacial score (nSPS) is 10.5. The highest BCUT2D eigenvalue weighted by Crippen LogP contribution is 2.25. The summed E-state index contributed by atoms with van der Waals surface area (Å²) in [5, 5.41) is 2.17. The molecule has 0 atom stereocenters. The maximum atomic E-state index is 13.4. The lowest BCUT2D eigenvalue weighted by molar-refractivity contribution is 0.103. The maximum absolute atomic E-state index is 13.4. The number of hydrogen-bond acceptors (Lipinski definition) is 3. The van der Waals surface area contributed by atoms with E-state index in [0.29, 0.717) is 5.69 Å². The van der Waals surface area contributed by atoms with Gasteiger partial charge in [0.1, 0.15) is 0 Å². The van der Waals surface area contributed by atoms with Crippen LogP contribution in [0.5, 0.6) is 0 Å². The molecule has 100 valence electrons. The van der Waals surface area contributed by atoms with E-state index >= 15 is 0 Å². The van der Waals surface area contributed by atoms with E-state index in [9.17, 15) is 18.0 Å². The number of aryl methyl sites for hydroxylation is 1. The predicted octanol–water partition coefficient (Wildman–Crippen LogP) is 3.31. The SMILES string of the molecule is Cc1sc(C(=O)Nc2ccc(F)c(F)c2F)cc1N. The highest BCUT2D eigenvalue weighted by atomic mass is 32.1. The molecule has 1 heterocycles. The van der Waals surface area contributed by atoms with Gasteiger partial charge in [-0.3, -0.25) is 4.79 Å². The molecule has 0 aliphatic heterocycles. The van der Waals surface area contributed by atoms with Crippen LogP contribution in [0.4, 0.5) is 24.5 Å². The quantitative estimate of drug-likeness (QED) is 0.832. The number of anilines is 2. The molecule has 2 aromatic rings. The summed E-state index contributed by atoms with van der Waals surface area (Å²) in [6.07, 6.45) is 0. The van der Waals surface area contributed by atoms with Gasteiger partial charge >= 0.3 is 0 Å². The molecule has 1 aromatic heterocycles. The Balaban J connectivity index is 2.27. The first-order valence-corrected chi connectivity index (χ1v) is 6.02. The second-order valence-corrected chi connectivity index (χ2v) is 5.06. The van der Waals surface area contributed by atoms with Crippen LogP contribution >= 0.6 is 11.3 Å². The zero-order valence-electron chi connectivity index (χ0n) is 9.76. The van der Waals surface area contributed by atoms with E-state index in [1.807, 2.05) is 0 Å². The minimum atomic E-state index is -1.63. The molecule has 7 heteroatoms. The van der Waals surface area contributed by atoms with Crippen LogP contribution < -0.4 is 11.1 Å². The minimum absolute atomic E-state index is 0.263. The van der Waals surface area contributed by atoms with Crippen molar-refractivity contribution in [3.8, 4) is 0 Å². The summed E-state index contributed by atoms with van der Waals surface area (Å²) in [6, 6.07) is 3.13. The van der Waals surface area contributed by atoms with Gasteiger partial charge in [-0.1, -0.05) is 0 Å². The molecule has 0 bridgehead atoms. The lowest BCUT2D eigenvalue weighted by atomic mass is 10.2. The summed E-state index contributed by atoms with van der Waals surface area (Å²) >= 11 is 1.13. The van der Waals surface area contributed by atoms with Gasteiger partial charge in [0.15, 0.2) is 17.5 Å². The van der Waals surface area contributed by atoms with E-state index in [2.05, 4.69) is 5.32 Å². The van der Waals surface area contributed by atoms with E-state index in [1.165, 1.54) is 6.07 Å². The standard InChI is InChI=1S/C12H9F3N2OS/c1-5-7(16)4-9(19-5)12(18)17-8-3-2-6(13)10(14)11(8)15/h2-4H,16H2,1H3,(H,17,18). The lowest BCUT2D eigenvalue weighted by Crippen LogP contribution is -2.12. The summed E-state index contributed by atoms with van der Waals surface area (Å²) in [4.78, 5) is 12.8. The monoisotopic (exact) mass is 286 g/mol. The second kappa shape index (κ2) is 4.93. The average molecular weight is 286 g/mol. The van der Waals surface area contributed by atoms with Crippen molar-refractivity contribution in [2.75, 3.05) is 11.1 Å². The highest BCUT2D eigenvalue weighted by molar-refractivity contribution is 7.14. The first-order valence-electron chi connectivity index (χ1n) is 5.21. The second-order valence-electron chi connectivity index (χ2n) is 3.80. The Morgan fingerprint density at radius 2 is 1.95 bits per heavy atom. The number of hydrogen-bond donors (Lipinski definition) is 2. The fourth-order valence-corrected chi connectivity index (χ4v) is 2.25. The topological polar surface area (TPSA) is 55.1 Å². The van der Waals surface area contributed by atoms with Gasteiger partial charge in [-0.05, 0) is 25.1 Å². The van der Waals surface area contributed by atoms with E-state index in [4.69, 9.17) is 5.73 Å². The molecule has 0 fully saturated rings. The fraction of sp³-hybridized carbons (Fsp3) is 0.0833. The van der Waals surface area contributed by atoms with Crippen molar-refractivity contribution in [1.82, 2.24) is 0 Å². The molecule has 1 amide bonds. The molecule has 0 radical (unpaired) electrons. The van der Waals surface area contributed by atoms with E-state index in [1.54, 1.807) is 6.92 Å². The van der Waals surface area contributed by atoms with Gasteiger partial charge in [-0.25, -0.2) is 13.2 Å². The number of halogens is 3. The number of nitrogen functional groups attached to an aromatic ring is 1. The molecule has 0 aliphatic carbocycles. The van der Waals surface area contributed by atoms with Gasteiger partial charge in [-0.2, -0.15) is 0 Å². The first-order chi connectivity index (χ1) is 8.90. The number of benzene rings is 1. The van der Waals surface area contributed by atoms with Gasteiger partial charge < -0.3 is 11.1 Å². The van der Waals surface area contributed by atoms with Crippen molar-refractivity contribution in [2.24, 2.45) is 0 Å². The van der Waals surface area contributed by atoms with Crippen LogP contribution in [0.3, 0.4) is 0 Å². The predicted molar refractivity (Wildman–Crippen MR) is 67.7 cm³/mol. The molecule has 0 saturated carbocycles. The third kappa shape index (κ3) is 2.55. The van der Waals surface area contributed by atoms with Gasteiger partial charge in [0.25, 0.3) is 5.91 Å². The molecule has 19 heavy (non-hydrogen) atoms. The minimum Gasteiger partial charge on any atom is -0.398 e. The summed E-state index contributed by atoms with van der Waals surface area (Å²) in [6.45, 7) is 1.73. The van der Waals surface area contributed by atoms with Crippen molar-refractivity contribution in [3.05, 3.63) is 45.4 Å². The number of amides is 1. The Morgan fingerprint density at radius 3 is 2.53 bits per heavy atom. The molecule has 0 aliphatic rings. The van der Waals surface area contributed by atoms with Crippen molar-refractivity contribution < 1.29 is 18.0 Å². The molecule has 3 nitrogen and oxygen atoms in total.